The number of hydrogen-bond acceptors (Lipinski definition) is 3. The molecular weight excluding hydrogens is 310 g/mol. The van der Waals surface area contributed by atoms with E-state index in [4.69, 9.17) is 0 Å². The molecule has 0 fully saturated rings. The van der Waals surface area contributed by atoms with Gasteiger partial charge >= 0.3 is 0 Å². The molecule has 0 saturated carbocycles. The maximum absolute atomic E-state index is 10.9. The minimum Gasteiger partial charge on any atom is -0.264 e. The van der Waals surface area contributed by atoms with Crippen LogP contribution >= 0.6 is 15.9 Å². The SMILES string of the molecule is Cc1cc(C)n([C@@H](C[N+](=O)[O-])c2ccc(Br)cc2)n1. The van der Waals surface area contributed by atoms with E-state index >= 15 is 0 Å². The summed E-state index contributed by atoms with van der Waals surface area (Å²) in [5, 5.41) is 15.3. The zero-order valence-electron chi connectivity index (χ0n) is 10.7. The summed E-state index contributed by atoms with van der Waals surface area (Å²) in [5.74, 6) is 0. The van der Waals surface area contributed by atoms with E-state index in [9.17, 15) is 10.1 Å². The number of aromatic nitrogens is 2. The van der Waals surface area contributed by atoms with Crippen LogP contribution in [0.5, 0.6) is 0 Å². The van der Waals surface area contributed by atoms with E-state index in [1.165, 1.54) is 0 Å². The third-order valence-corrected chi connectivity index (χ3v) is 3.45. The van der Waals surface area contributed by atoms with Crippen LogP contribution in [0.3, 0.4) is 0 Å². The molecule has 2 aromatic rings. The van der Waals surface area contributed by atoms with Crippen molar-refractivity contribution in [1.82, 2.24) is 9.78 Å². The van der Waals surface area contributed by atoms with Crippen molar-refractivity contribution in [2.45, 2.75) is 19.9 Å². The number of rotatable bonds is 4. The van der Waals surface area contributed by atoms with Crippen molar-refractivity contribution in [3.05, 3.63) is 61.9 Å². The van der Waals surface area contributed by atoms with Gasteiger partial charge in [-0.15, -0.1) is 0 Å². The number of benzene rings is 1. The predicted octanol–water partition coefficient (Wildman–Crippen LogP) is 3.13. The fourth-order valence-electron chi connectivity index (χ4n) is 2.11. The molecule has 100 valence electrons. The van der Waals surface area contributed by atoms with Crippen LogP contribution in [0.1, 0.15) is 23.0 Å². The third kappa shape index (κ3) is 3.20. The molecule has 0 saturated heterocycles. The molecule has 0 radical (unpaired) electrons. The van der Waals surface area contributed by atoms with E-state index in [1.807, 2.05) is 44.2 Å². The molecular formula is C13H14BrN3O2. The van der Waals surface area contributed by atoms with E-state index in [1.54, 1.807) is 4.68 Å². The van der Waals surface area contributed by atoms with Gasteiger partial charge in [-0.3, -0.25) is 14.8 Å². The largest absolute Gasteiger partial charge is 0.264 e. The highest BCUT2D eigenvalue weighted by Gasteiger charge is 2.22. The highest BCUT2D eigenvalue weighted by atomic mass is 79.9. The van der Waals surface area contributed by atoms with Crippen molar-refractivity contribution in [1.29, 1.82) is 0 Å². The van der Waals surface area contributed by atoms with Gasteiger partial charge in [0.1, 0.15) is 6.04 Å². The maximum Gasteiger partial charge on any atom is 0.230 e. The Kier molecular flexibility index (Phi) is 3.99. The molecule has 0 aliphatic rings. The molecule has 2 rings (SSSR count). The highest BCUT2D eigenvalue weighted by Crippen LogP contribution is 2.22. The van der Waals surface area contributed by atoms with E-state index in [0.29, 0.717) is 0 Å². The second kappa shape index (κ2) is 5.52. The Morgan fingerprint density at radius 3 is 2.47 bits per heavy atom. The van der Waals surface area contributed by atoms with Gasteiger partial charge in [0.25, 0.3) is 0 Å². The minimum atomic E-state index is -0.378. The van der Waals surface area contributed by atoms with Crippen LogP contribution in [-0.2, 0) is 0 Å². The van der Waals surface area contributed by atoms with Crippen molar-refractivity contribution < 1.29 is 4.92 Å². The Labute approximate surface area is 119 Å². The summed E-state index contributed by atoms with van der Waals surface area (Å²) in [6.07, 6.45) is 0. The van der Waals surface area contributed by atoms with Gasteiger partial charge in [-0.05, 0) is 37.6 Å². The van der Waals surface area contributed by atoms with Gasteiger partial charge in [-0.25, -0.2) is 0 Å². The van der Waals surface area contributed by atoms with Crippen LogP contribution < -0.4 is 0 Å². The molecule has 1 heterocycles. The Bertz CT molecular complexity index is 592. The van der Waals surface area contributed by atoms with Crippen molar-refractivity contribution in [3.8, 4) is 0 Å². The molecule has 0 amide bonds. The lowest BCUT2D eigenvalue weighted by molar-refractivity contribution is -0.484. The second-order valence-corrected chi connectivity index (χ2v) is 5.37. The molecule has 0 spiro atoms. The first-order valence-corrected chi connectivity index (χ1v) is 6.66. The fourth-order valence-corrected chi connectivity index (χ4v) is 2.38. The lowest BCUT2D eigenvalue weighted by Gasteiger charge is -2.16. The van der Waals surface area contributed by atoms with Gasteiger partial charge in [0, 0.05) is 15.1 Å². The molecule has 0 bridgehead atoms. The van der Waals surface area contributed by atoms with Crippen molar-refractivity contribution in [3.63, 3.8) is 0 Å². The fraction of sp³-hybridized carbons (Fsp3) is 0.308. The van der Waals surface area contributed by atoms with Crippen LogP contribution in [0.25, 0.3) is 0 Å². The zero-order valence-corrected chi connectivity index (χ0v) is 12.3. The Balaban J connectivity index is 2.43. The number of aryl methyl sites for hydroxylation is 2. The number of hydrogen-bond donors (Lipinski definition) is 0. The van der Waals surface area contributed by atoms with E-state index in [0.717, 1.165) is 21.4 Å². The zero-order chi connectivity index (χ0) is 14.0. The molecule has 0 aliphatic carbocycles. The highest BCUT2D eigenvalue weighted by molar-refractivity contribution is 9.10. The molecule has 0 N–H and O–H groups in total. The van der Waals surface area contributed by atoms with Crippen molar-refractivity contribution in [2.75, 3.05) is 6.54 Å². The second-order valence-electron chi connectivity index (χ2n) is 4.45. The molecule has 5 nitrogen and oxygen atoms in total. The average Bonchev–Trinajstić information content (AvgIpc) is 2.66. The number of nitrogens with zero attached hydrogens (tertiary/aromatic N) is 3. The Morgan fingerprint density at radius 2 is 2.00 bits per heavy atom. The Hall–Kier alpha value is -1.69. The summed E-state index contributed by atoms with van der Waals surface area (Å²) < 4.78 is 2.67. The smallest absolute Gasteiger partial charge is 0.230 e. The van der Waals surface area contributed by atoms with Crippen LogP contribution in [-0.4, -0.2) is 21.2 Å². The first-order valence-electron chi connectivity index (χ1n) is 5.87. The molecule has 1 aromatic heterocycles. The van der Waals surface area contributed by atoms with E-state index in [2.05, 4.69) is 21.0 Å². The summed E-state index contributed by atoms with van der Waals surface area (Å²) in [7, 11) is 0. The van der Waals surface area contributed by atoms with Gasteiger partial charge in [0.2, 0.25) is 6.54 Å². The summed E-state index contributed by atoms with van der Waals surface area (Å²) in [6, 6.07) is 9.08. The molecule has 0 aliphatic heterocycles. The van der Waals surface area contributed by atoms with Crippen molar-refractivity contribution >= 4 is 15.9 Å². The maximum atomic E-state index is 10.9. The van der Waals surface area contributed by atoms with Gasteiger partial charge in [0.15, 0.2) is 0 Å². The molecule has 6 heteroatoms. The predicted molar refractivity (Wildman–Crippen MR) is 75.8 cm³/mol. The van der Waals surface area contributed by atoms with Crippen LogP contribution in [0.15, 0.2) is 34.8 Å². The molecule has 1 atom stereocenters. The monoisotopic (exact) mass is 323 g/mol. The summed E-state index contributed by atoms with van der Waals surface area (Å²) in [6.45, 7) is 3.61. The lowest BCUT2D eigenvalue weighted by atomic mass is 10.1. The normalized spacial score (nSPS) is 12.4. The summed E-state index contributed by atoms with van der Waals surface area (Å²) in [4.78, 5) is 10.6. The molecule has 19 heavy (non-hydrogen) atoms. The quantitative estimate of drug-likeness (QED) is 0.641. The first-order chi connectivity index (χ1) is 8.97. The number of halogens is 1. The van der Waals surface area contributed by atoms with Crippen LogP contribution in [0.4, 0.5) is 0 Å². The average molecular weight is 324 g/mol. The lowest BCUT2D eigenvalue weighted by Crippen LogP contribution is -2.22. The molecule has 0 unspecified atom stereocenters. The molecule has 1 aromatic carbocycles. The van der Waals surface area contributed by atoms with Crippen LogP contribution in [0.2, 0.25) is 0 Å². The van der Waals surface area contributed by atoms with Gasteiger partial charge < -0.3 is 0 Å². The standard InChI is InChI=1S/C13H14BrN3O2/c1-9-7-10(2)17(15-9)13(8-16(18)19)11-3-5-12(14)6-4-11/h3-7,13H,8H2,1-2H3/t13-/m0/s1. The van der Waals surface area contributed by atoms with E-state index < -0.39 is 0 Å². The topological polar surface area (TPSA) is 61.0 Å². The van der Waals surface area contributed by atoms with Crippen LogP contribution in [0, 0.1) is 24.0 Å². The van der Waals surface area contributed by atoms with Gasteiger partial charge in [0.05, 0.1) is 5.69 Å². The van der Waals surface area contributed by atoms with Gasteiger partial charge in [-0.2, -0.15) is 5.10 Å². The summed E-state index contributed by atoms with van der Waals surface area (Å²) >= 11 is 3.36. The number of nitro groups is 1. The van der Waals surface area contributed by atoms with Gasteiger partial charge in [-0.1, -0.05) is 28.1 Å². The van der Waals surface area contributed by atoms with E-state index in [-0.39, 0.29) is 17.5 Å². The van der Waals surface area contributed by atoms with Crippen molar-refractivity contribution in [2.24, 2.45) is 0 Å². The minimum absolute atomic E-state index is 0.177. The first kappa shape index (κ1) is 13.7. The Morgan fingerprint density at radius 1 is 1.37 bits per heavy atom. The third-order valence-electron chi connectivity index (χ3n) is 2.92. The summed E-state index contributed by atoms with van der Waals surface area (Å²) in [5.41, 5.74) is 2.67.